The molecule has 0 aliphatic carbocycles. The van der Waals surface area contributed by atoms with Crippen LogP contribution < -0.4 is 0 Å². The summed E-state index contributed by atoms with van der Waals surface area (Å²) in [4.78, 5) is 33.1. The molecule has 0 atom stereocenters. The lowest BCUT2D eigenvalue weighted by Crippen LogP contribution is -1.98. The molecule has 0 aromatic carbocycles. The molecule has 1 rings (SSSR count). The number of nitrogens with zero attached hydrogens (tertiary/aromatic N) is 3. The van der Waals surface area contributed by atoms with E-state index in [1.807, 2.05) is 0 Å². The minimum atomic E-state index is -1.61. The molecule has 0 unspecified atom stereocenters. The van der Waals surface area contributed by atoms with Crippen molar-refractivity contribution >= 4 is 17.6 Å². The number of imidazole rings is 1. The van der Waals surface area contributed by atoms with E-state index < -0.39 is 33.3 Å². The number of carboxylic acid groups (broad SMARTS) is 1. The van der Waals surface area contributed by atoms with Crippen molar-refractivity contribution in [3.05, 3.63) is 26.1 Å². The number of nitro groups is 2. The molecule has 10 nitrogen and oxygen atoms in total. The highest BCUT2D eigenvalue weighted by molar-refractivity contribution is 5.84. The number of rotatable bonds is 3. The zero-order valence-electron chi connectivity index (χ0n) is 6.33. The van der Waals surface area contributed by atoms with Gasteiger partial charge < -0.3 is 25.3 Å². The van der Waals surface area contributed by atoms with Crippen LogP contribution in [0, 0.1) is 20.2 Å². The maximum atomic E-state index is 10.3. The third-order valence-electron chi connectivity index (χ3n) is 1.22. The normalized spacial score (nSPS) is 9.71. The highest BCUT2D eigenvalue weighted by Gasteiger charge is 2.34. The molecule has 0 spiro atoms. The molecule has 0 bridgehead atoms. The Balaban J connectivity index is 3.33. The van der Waals surface area contributed by atoms with Crippen LogP contribution in [0.25, 0.3) is 0 Å². The number of carboxylic acids is 1. The summed E-state index contributed by atoms with van der Waals surface area (Å²) in [7, 11) is 0. The first-order valence-corrected chi connectivity index (χ1v) is 3.05. The summed E-state index contributed by atoms with van der Waals surface area (Å²) < 4.78 is 0. The molecule has 14 heavy (non-hydrogen) atoms. The molecule has 2 N–H and O–H groups in total. The van der Waals surface area contributed by atoms with Gasteiger partial charge >= 0.3 is 23.4 Å². The predicted octanol–water partition coefficient (Wildman–Crippen LogP) is -0.0757. The van der Waals surface area contributed by atoms with Crippen LogP contribution in [0.1, 0.15) is 10.6 Å². The van der Waals surface area contributed by atoms with Crippen molar-refractivity contribution in [3.63, 3.8) is 0 Å². The second-order valence-corrected chi connectivity index (χ2v) is 2.08. The highest BCUT2D eigenvalue weighted by atomic mass is 16.6. The standard InChI is InChI=1S/C4H2N4O6/c9-4(10)1-5-2(7(11)12)3(6-1)8(13)14/h(H,5,6)(H,9,10). The van der Waals surface area contributed by atoms with E-state index in [2.05, 4.69) is 4.98 Å². The van der Waals surface area contributed by atoms with Gasteiger partial charge in [0.1, 0.15) is 0 Å². The first-order chi connectivity index (χ1) is 6.43. The minimum absolute atomic E-state index is 0.844. The molecule has 74 valence electrons. The van der Waals surface area contributed by atoms with Crippen LogP contribution in [-0.4, -0.2) is 30.9 Å². The fourth-order valence-electron chi connectivity index (χ4n) is 0.711. The van der Waals surface area contributed by atoms with Crippen LogP contribution in [-0.2, 0) is 0 Å². The smallest absolute Gasteiger partial charge is 0.463 e. The minimum Gasteiger partial charge on any atom is -0.472 e. The van der Waals surface area contributed by atoms with E-state index in [1.165, 1.54) is 0 Å². The lowest BCUT2D eigenvalue weighted by atomic mass is 10.6. The molecule has 10 heteroatoms. The Kier molecular flexibility index (Phi) is 2.11. The molecular formula is C4H2N4O6. The number of nitrogens with one attached hydrogen (secondary N) is 1. The Hall–Kier alpha value is -2.52. The Morgan fingerprint density at radius 1 is 1.36 bits per heavy atom. The van der Waals surface area contributed by atoms with Crippen LogP contribution in [0.3, 0.4) is 0 Å². The molecule has 0 radical (unpaired) electrons. The molecule has 0 fully saturated rings. The summed E-state index contributed by atoms with van der Waals surface area (Å²) in [6.45, 7) is 0. The van der Waals surface area contributed by atoms with Crippen LogP contribution in [0.2, 0.25) is 0 Å². The third-order valence-corrected chi connectivity index (χ3v) is 1.22. The van der Waals surface area contributed by atoms with Gasteiger partial charge in [-0.05, 0) is 9.85 Å². The second kappa shape index (κ2) is 3.08. The predicted molar refractivity (Wildman–Crippen MR) is 38.9 cm³/mol. The number of H-pyrrole nitrogens is 1. The maximum Gasteiger partial charge on any atom is 0.463 e. The monoisotopic (exact) mass is 202 g/mol. The lowest BCUT2D eigenvalue weighted by molar-refractivity contribution is -0.427. The maximum absolute atomic E-state index is 10.3. The van der Waals surface area contributed by atoms with Gasteiger partial charge in [-0.3, -0.25) is 0 Å². The average molecular weight is 202 g/mol. The number of aromatic nitrogens is 2. The fourth-order valence-corrected chi connectivity index (χ4v) is 0.711. The van der Waals surface area contributed by atoms with E-state index in [9.17, 15) is 25.0 Å². The van der Waals surface area contributed by atoms with E-state index in [-0.39, 0.29) is 0 Å². The van der Waals surface area contributed by atoms with Gasteiger partial charge in [0.05, 0.1) is 0 Å². The van der Waals surface area contributed by atoms with Gasteiger partial charge in [0.2, 0.25) is 0 Å². The van der Waals surface area contributed by atoms with E-state index in [4.69, 9.17) is 5.11 Å². The Labute approximate surface area is 74.5 Å². The van der Waals surface area contributed by atoms with Gasteiger partial charge in [0.25, 0.3) is 0 Å². The van der Waals surface area contributed by atoms with Crippen molar-refractivity contribution in [2.45, 2.75) is 0 Å². The summed E-state index contributed by atoms with van der Waals surface area (Å²) in [5, 5.41) is 28.7. The number of carbonyl (C=O) groups is 1. The molecule has 0 aliphatic rings. The molecule has 0 saturated heterocycles. The van der Waals surface area contributed by atoms with Crippen molar-refractivity contribution in [2.24, 2.45) is 0 Å². The molecular weight excluding hydrogens is 200 g/mol. The van der Waals surface area contributed by atoms with E-state index in [1.54, 1.807) is 4.98 Å². The molecule has 0 saturated carbocycles. The van der Waals surface area contributed by atoms with E-state index in [0.29, 0.717) is 0 Å². The number of hydrogen-bond acceptors (Lipinski definition) is 6. The highest BCUT2D eigenvalue weighted by Crippen LogP contribution is 2.22. The largest absolute Gasteiger partial charge is 0.472 e. The van der Waals surface area contributed by atoms with E-state index in [0.717, 1.165) is 0 Å². The average Bonchev–Trinajstić information content (AvgIpc) is 2.47. The fraction of sp³-hybridized carbons (Fsp3) is 0. The van der Waals surface area contributed by atoms with Gasteiger partial charge in [-0.2, -0.15) is 4.98 Å². The molecule has 0 amide bonds. The van der Waals surface area contributed by atoms with E-state index >= 15 is 0 Å². The van der Waals surface area contributed by atoms with Gasteiger partial charge in [-0.1, -0.05) is 0 Å². The van der Waals surface area contributed by atoms with Crippen molar-refractivity contribution < 1.29 is 19.7 Å². The van der Waals surface area contributed by atoms with Gasteiger partial charge in [0.15, 0.2) is 0 Å². The molecule has 1 heterocycles. The zero-order chi connectivity index (χ0) is 10.9. The summed E-state index contributed by atoms with van der Waals surface area (Å²) in [6.07, 6.45) is 0. The summed E-state index contributed by atoms with van der Waals surface area (Å²) >= 11 is 0. The van der Waals surface area contributed by atoms with Crippen molar-refractivity contribution in [3.8, 4) is 0 Å². The van der Waals surface area contributed by atoms with Gasteiger partial charge in [0, 0.05) is 4.98 Å². The van der Waals surface area contributed by atoms with Crippen molar-refractivity contribution in [2.75, 3.05) is 0 Å². The first-order valence-electron chi connectivity index (χ1n) is 3.05. The van der Waals surface area contributed by atoms with Gasteiger partial charge in [-0.15, -0.1) is 0 Å². The van der Waals surface area contributed by atoms with Gasteiger partial charge in [-0.25, -0.2) is 4.79 Å². The zero-order valence-corrected chi connectivity index (χ0v) is 6.33. The van der Waals surface area contributed by atoms with Crippen LogP contribution in [0.5, 0.6) is 0 Å². The van der Waals surface area contributed by atoms with Crippen LogP contribution >= 0.6 is 0 Å². The molecule has 1 aromatic heterocycles. The topological polar surface area (TPSA) is 152 Å². The number of aromatic carboxylic acids is 1. The molecule has 0 aliphatic heterocycles. The summed E-state index contributed by atoms with van der Waals surface area (Å²) in [5.41, 5.74) is 0. The number of aromatic amines is 1. The van der Waals surface area contributed by atoms with Crippen molar-refractivity contribution in [1.29, 1.82) is 0 Å². The summed E-state index contributed by atoms with van der Waals surface area (Å²) in [5.74, 6) is -4.62. The SMILES string of the molecule is O=C(O)c1nc([N+](=O)[O-])c([N+](=O)[O-])[nH]1. The Bertz CT molecular complexity index is 390. The van der Waals surface area contributed by atoms with Crippen molar-refractivity contribution in [1.82, 2.24) is 9.97 Å². The Morgan fingerprint density at radius 2 is 1.93 bits per heavy atom. The lowest BCUT2D eigenvalue weighted by Gasteiger charge is -1.88. The number of hydrogen-bond donors (Lipinski definition) is 2. The third kappa shape index (κ3) is 1.48. The van der Waals surface area contributed by atoms with Crippen LogP contribution in [0.15, 0.2) is 0 Å². The summed E-state index contributed by atoms with van der Waals surface area (Å²) in [6, 6.07) is 0. The first kappa shape index (κ1) is 9.57. The second-order valence-electron chi connectivity index (χ2n) is 2.08. The Morgan fingerprint density at radius 3 is 2.21 bits per heavy atom. The quantitative estimate of drug-likeness (QED) is 0.513. The molecule has 1 aromatic rings. The van der Waals surface area contributed by atoms with Crippen LogP contribution in [0.4, 0.5) is 11.6 Å².